The van der Waals surface area contributed by atoms with E-state index in [0.717, 1.165) is 49.9 Å². The number of piperazine rings is 1. The fourth-order valence-corrected chi connectivity index (χ4v) is 3.88. The number of carbonyl (C=O) groups excluding carboxylic acids is 1. The summed E-state index contributed by atoms with van der Waals surface area (Å²) < 4.78 is 11.0. The van der Waals surface area contributed by atoms with Gasteiger partial charge in [0, 0.05) is 38.8 Å². The monoisotopic (exact) mass is 384 g/mol. The molecular formula is C21H28N4O3. The molecule has 2 aromatic rings. The second kappa shape index (κ2) is 8.65. The summed E-state index contributed by atoms with van der Waals surface area (Å²) in [6.07, 6.45) is 3.63. The maximum absolute atomic E-state index is 12.3. The molecule has 0 radical (unpaired) electrons. The van der Waals surface area contributed by atoms with Crippen molar-refractivity contribution in [1.29, 1.82) is 0 Å². The van der Waals surface area contributed by atoms with Gasteiger partial charge in [-0.25, -0.2) is 4.79 Å². The zero-order chi connectivity index (χ0) is 19.3. The van der Waals surface area contributed by atoms with Crippen molar-refractivity contribution in [3.63, 3.8) is 0 Å². The van der Waals surface area contributed by atoms with Crippen molar-refractivity contribution >= 4 is 6.03 Å². The van der Waals surface area contributed by atoms with Crippen LogP contribution in [0.1, 0.15) is 29.0 Å². The third-order valence-corrected chi connectivity index (χ3v) is 5.50. The molecule has 1 aliphatic heterocycles. The summed E-state index contributed by atoms with van der Waals surface area (Å²) in [7, 11) is 0. The molecule has 1 aliphatic carbocycles. The van der Waals surface area contributed by atoms with E-state index in [0.29, 0.717) is 13.2 Å². The van der Waals surface area contributed by atoms with Gasteiger partial charge < -0.3 is 19.5 Å². The molecule has 2 heterocycles. The van der Waals surface area contributed by atoms with Gasteiger partial charge in [0.2, 0.25) is 0 Å². The van der Waals surface area contributed by atoms with Gasteiger partial charge in [-0.05, 0) is 49.4 Å². The molecule has 0 unspecified atom stereocenters. The van der Waals surface area contributed by atoms with Gasteiger partial charge in [-0.15, -0.1) is 0 Å². The van der Waals surface area contributed by atoms with Gasteiger partial charge in [0.25, 0.3) is 0 Å². The first kappa shape index (κ1) is 18.8. The minimum absolute atomic E-state index is 0.0466. The molecule has 1 aromatic heterocycles. The highest BCUT2D eigenvalue weighted by atomic mass is 16.5. The van der Waals surface area contributed by atoms with E-state index in [2.05, 4.69) is 33.6 Å². The smallest absolute Gasteiger partial charge is 0.317 e. The van der Waals surface area contributed by atoms with Crippen LogP contribution in [-0.2, 0) is 19.4 Å². The molecule has 1 fully saturated rings. The lowest BCUT2D eigenvalue weighted by Gasteiger charge is -2.34. The summed E-state index contributed by atoms with van der Waals surface area (Å²) in [6.45, 7) is 6.97. The largest absolute Gasteiger partial charge is 0.492 e. The lowest BCUT2D eigenvalue weighted by atomic mass is 10.1. The molecule has 0 spiro atoms. The molecule has 2 amide bonds. The van der Waals surface area contributed by atoms with E-state index in [1.807, 2.05) is 17.9 Å². The third kappa shape index (κ3) is 4.65. The molecule has 7 nitrogen and oxygen atoms in total. The summed E-state index contributed by atoms with van der Waals surface area (Å²) >= 11 is 0. The quantitative estimate of drug-likeness (QED) is 0.828. The van der Waals surface area contributed by atoms with Gasteiger partial charge in [0.15, 0.2) is 0 Å². The topological polar surface area (TPSA) is 70.8 Å². The van der Waals surface area contributed by atoms with Gasteiger partial charge in [0.05, 0.1) is 6.54 Å². The number of nitrogens with zero attached hydrogens (tertiary/aromatic N) is 3. The van der Waals surface area contributed by atoms with Gasteiger partial charge in [0.1, 0.15) is 23.8 Å². The number of hydrogen-bond acceptors (Lipinski definition) is 5. The highest BCUT2D eigenvalue weighted by Gasteiger charge is 2.21. The van der Waals surface area contributed by atoms with Crippen molar-refractivity contribution in [3.8, 4) is 5.75 Å². The van der Waals surface area contributed by atoms with Crippen LogP contribution in [0.4, 0.5) is 4.79 Å². The Labute approximate surface area is 165 Å². The highest BCUT2D eigenvalue weighted by molar-refractivity contribution is 5.74. The van der Waals surface area contributed by atoms with Crippen LogP contribution in [0, 0.1) is 6.92 Å². The summed E-state index contributed by atoms with van der Waals surface area (Å²) in [4.78, 5) is 16.5. The van der Waals surface area contributed by atoms with E-state index in [1.165, 1.54) is 30.4 Å². The first-order valence-corrected chi connectivity index (χ1v) is 10.1. The average Bonchev–Trinajstić information content (AvgIpc) is 3.35. The number of aromatic nitrogens is 1. The van der Waals surface area contributed by atoms with Crippen LogP contribution in [0.2, 0.25) is 0 Å². The lowest BCUT2D eigenvalue weighted by molar-refractivity contribution is 0.126. The number of ether oxygens (including phenoxy) is 1. The van der Waals surface area contributed by atoms with Crippen molar-refractivity contribution in [1.82, 2.24) is 20.3 Å². The van der Waals surface area contributed by atoms with Crippen molar-refractivity contribution in [2.75, 3.05) is 39.3 Å². The fourth-order valence-electron chi connectivity index (χ4n) is 3.88. The van der Waals surface area contributed by atoms with Crippen LogP contribution < -0.4 is 10.1 Å². The highest BCUT2D eigenvalue weighted by Crippen LogP contribution is 2.25. The van der Waals surface area contributed by atoms with Gasteiger partial charge in [-0.1, -0.05) is 11.2 Å². The maximum atomic E-state index is 12.3. The first-order chi connectivity index (χ1) is 13.7. The van der Waals surface area contributed by atoms with Crippen LogP contribution in [0.3, 0.4) is 0 Å². The molecule has 7 heteroatoms. The van der Waals surface area contributed by atoms with Crippen molar-refractivity contribution in [2.45, 2.75) is 32.7 Å². The number of carbonyl (C=O) groups is 1. The summed E-state index contributed by atoms with van der Waals surface area (Å²) in [5.41, 5.74) is 3.66. The minimum atomic E-state index is -0.0466. The minimum Gasteiger partial charge on any atom is -0.492 e. The van der Waals surface area contributed by atoms with E-state index in [9.17, 15) is 4.79 Å². The Hall–Kier alpha value is -2.54. The molecule has 150 valence electrons. The molecule has 2 aliphatic rings. The van der Waals surface area contributed by atoms with Crippen molar-refractivity contribution < 1.29 is 14.1 Å². The molecule has 1 saturated heterocycles. The number of benzene rings is 1. The van der Waals surface area contributed by atoms with E-state index in [1.54, 1.807) is 0 Å². The molecule has 1 N–H and O–H groups in total. The third-order valence-electron chi connectivity index (χ3n) is 5.50. The Morgan fingerprint density at radius 3 is 2.79 bits per heavy atom. The predicted molar refractivity (Wildman–Crippen MR) is 105 cm³/mol. The molecule has 28 heavy (non-hydrogen) atoms. The van der Waals surface area contributed by atoms with Crippen LogP contribution in [0.15, 0.2) is 28.8 Å². The van der Waals surface area contributed by atoms with E-state index >= 15 is 0 Å². The van der Waals surface area contributed by atoms with Crippen LogP contribution in [0.5, 0.6) is 5.75 Å². The lowest BCUT2D eigenvalue weighted by Crippen LogP contribution is -2.52. The normalized spacial score (nSPS) is 16.8. The first-order valence-electron chi connectivity index (χ1n) is 10.1. The number of nitrogens with one attached hydrogen (secondary N) is 1. The summed E-state index contributed by atoms with van der Waals surface area (Å²) in [5, 5.41) is 6.80. The Morgan fingerprint density at radius 2 is 2.00 bits per heavy atom. The zero-order valence-electron chi connectivity index (χ0n) is 16.4. The number of hydrogen-bond donors (Lipinski definition) is 1. The molecule has 4 rings (SSSR count). The Balaban J connectivity index is 1.14. The molecule has 0 bridgehead atoms. The van der Waals surface area contributed by atoms with Crippen LogP contribution in [0.25, 0.3) is 0 Å². The molecule has 0 atom stereocenters. The fraction of sp³-hybridized carbons (Fsp3) is 0.524. The van der Waals surface area contributed by atoms with Gasteiger partial charge >= 0.3 is 6.03 Å². The zero-order valence-corrected chi connectivity index (χ0v) is 16.4. The standard InChI is InChI=1S/C21H28N4O3/c1-16-13-19(23-28-16)15-22-21(26)25-9-7-24(8-10-25)11-12-27-20-6-5-17-3-2-4-18(17)14-20/h5-6,13-14H,2-4,7-12,15H2,1H3,(H,22,26). The van der Waals surface area contributed by atoms with E-state index in [4.69, 9.17) is 9.26 Å². The summed E-state index contributed by atoms with van der Waals surface area (Å²) in [5.74, 6) is 1.72. The number of amides is 2. The maximum Gasteiger partial charge on any atom is 0.317 e. The summed E-state index contributed by atoms with van der Waals surface area (Å²) in [6, 6.07) is 8.27. The molecular weight excluding hydrogens is 356 g/mol. The van der Waals surface area contributed by atoms with Gasteiger partial charge in [-0.2, -0.15) is 0 Å². The second-order valence-corrected chi connectivity index (χ2v) is 7.55. The van der Waals surface area contributed by atoms with Crippen molar-refractivity contribution in [2.24, 2.45) is 0 Å². The predicted octanol–water partition coefficient (Wildman–Crippen LogP) is 2.38. The van der Waals surface area contributed by atoms with Crippen LogP contribution >= 0.6 is 0 Å². The Kier molecular flexibility index (Phi) is 5.81. The average molecular weight is 384 g/mol. The number of urea groups is 1. The Morgan fingerprint density at radius 1 is 1.18 bits per heavy atom. The van der Waals surface area contributed by atoms with E-state index in [-0.39, 0.29) is 6.03 Å². The number of aryl methyl sites for hydroxylation is 3. The molecule has 1 aromatic carbocycles. The number of rotatable bonds is 6. The van der Waals surface area contributed by atoms with Crippen LogP contribution in [-0.4, -0.2) is 60.3 Å². The molecule has 0 saturated carbocycles. The van der Waals surface area contributed by atoms with Crippen molar-refractivity contribution in [3.05, 3.63) is 46.8 Å². The Bertz CT molecular complexity index is 812. The number of fused-ring (bicyclic) bond motifs is 1. The van der Waals surface area contributed by atoms with E-state index < -0.39 is 0 Å². The SMILES string of the molecule is Cc1cc(CNC(=O)N2CCN(CCOc3ccc4c(c3)CCC4)CC2)no1. The second-order valence-electron chi connectivity index (χ2n) is 7.55. The van der Waals surface area contributed by atoms with Gasteiger partial charge in [-0.3, -0.25) is 4.90 Å².